The lowest BCUT2D eigenvalue weighted by atomic mass is 10.1. The highest BCUT2D eigenvalue weighted by atomic mass is 79.9. The Balaban J connectivity index is 2.66. The average molecular weight is 305 g/mol. The quantitative estimate of drug-likeness (QED) is 0.848. The molecular formula is C12H15BrClNO. The molecule has 88 valence electrons. The molecule has 0 saturated carbocycles. The number of amides is 1. The van der Waals surface area contributed by atoms with Crippen LogP contribution < -0.4 is 5.32 Å². The van der Waals surface area contributed by atoms with Crippen molar-refractivity contribution in [2.45, 2.75) is 25.6 Å². The van der Waals surface area contributed by atoms with Gasteiger partial charge in [-0.25, -0.2) is 0 Å². The van der Waals surface area contributed by atoms with Gasteiger partial charge >= 0.3 is 0 Å². The summed E-state index contributed by atoms with van der Waals surface area (Å²) in [6.45, 7) is 4.42. The first-order chi connectivity index (χ1) is 7.54. The largest absolute Gasteiger partial charge is 0.351 e. The lowest BCUT2D eigenvalue weighted by molar-refractivity contribution is 0.0953. The summed E-state index contributed by atoms with van der Waals surface area (Å²) in [5.74, 6) is -0.0656. The van der Waals surface area contributed by atoms with E-state index in [0.717, 1.165) is 16.5 Å². The van der Waals surface area contributed by atoms with Crippen LogP contribution in [0.15, 0.2) is 22.7 Å². The Morgan fingerprint density at radius 1 is 1.56 bits per heavy atom. The number of aryl methyl sites for hydroxylation is 1. The van der Waals surface area contributed by atoms with E-state index in [-0.39, 0.29) is 11.3 Å². The molecular weight excluding hydrogens is 289 g/mol. The number of hydrogen-bond donors (Lipinski definition) is 1. The summed E-state index contributed by atoms with van der Waals surface area (Å²) < 4.78 is 0.977. The molecule has 1 rings (SSSR count). The van der Waals surface area contributed by atoms with Crippen LogP contribution in [-0.2, 0) is 0 Å². The van der Waals surface area contributed by atoms with Gasteiger partial charge in [-0.15, -0.1) is 11.6 Å². The Morgan fingerprint density at radius 2 is 2.25 bits per heavy atom. The second-order valence-corrected chi connectivity index (χ2v) is 5.21. The van der Waals surface area contributed by atoms with Crippen molar-refractivity contribution in [2.24, 2.45) is 0 Å². The molecule has 0 heterocycles. The molecule has 4 heteroatoms. The van der Waals surface area contributed by atoms with Gasteiger partial charge in [0.15, 0.2) is 0 Å². The summed E-state index contributed by atoms with van der Waals surface area (Å²) in [4.78, 5) is 11.8. The normalized spacial score (nSPS) is 12.2. The zero-order valence-corrected chi connectivity index (χ0v) is 11.7. The van der Waals surface area contributed by atoms with Gasteiger partial charge in [-0.05, 0) is 37.1 Å². The first-order valence-electron chi connectivity index (χ1n) is 5.23. The fraction of sp³-hybridized carbons (Fsp3) is 0.417. The number of benzene rings is 1. The maximum atomic E-state index is 11.8. The third kappa shape index (κ3) is 3.80. The van der Waals surface area contributed by atoms with E-state index < -0.39 is 0 Å². The Hall–Kier alpha value is -0.540. The zero-order valence-electron chi connectivity index (χ0n) is 9.39. The van der Waals surface area contributed by atoms with Gasteiger partial charge in [-0.3, -0.25) is 4.79 Å². The van der Waals surface area contributed by atoms with E-state index >= 15 is 0 Å². The van der Waals surface area contributed by atoms with Crippen LogP contribution in [0.4, 0.5) is 0 Å². The Labute approximate surface area is 110 Å². The first-order valence-corrected chi connectivity index (χ1v) is 6.46. The van der Waals surface area contributed by atoms with Crippen molar-refractivity contribution in [1.29, 1.82) is 0 Å². The van der Waals surface area contributed by atoms with Crippen LogP contribution >= 0.6 is 27.5 Å². The topological polar surface area (TPSA) is 29.1 Å². The van der Waals surface area contributed by atoms with Crippen LogP contribution in [0.25, 0.3) is 0 Å². The molecule has 0 saturated heterocycles. The van der Waals surface area contributed by atoms with E-state index in [1.54, 1.807) is 0 Å². The highest BCUT2D eigenvalue weighted by Gasteiger charge is 2.10. The number of rotatable bonds is 4. The third-order valence-electron chi connectivity index (χ3n) is 2.36. The highest BCUT2D eigenvalue weighted by Crippen LogP contribution is 2.15. The summed E-state index contributed by atoms with van der Waals surface area (Å²) in [7, 11) is 0. The van der Waals surface area contributed by atoms with Crippen molar-refractivity contribution in [3.8, 4) is 0 Å². The minimum Gasteiger partial charge on any atom is -0.351 e. The molecule has 1 amide bonds. The smallest absolute Gasteiger partial charge is 0.251 e. The Kier molecular flexibility index (Phi) is 5.29. The van der Waals surface area contributed by atoms with E-state index in [1.807, 2.05) is 32.0 Å². The number of nitrogens with one attached hydrogen (secondary N) is 1. The third-order valence-corrected chi connectivity index (χ3v) is 3.32. The molecule has 2 nitrogen and oxygen atoms in total. The standard InChI is InChI=1S/C12H15BrClNO/c1-3-10(14)7-15-12(16)11-5-4-9(13)6-8(11)2/h4-6,10H,3,7H2,1-2H3,(H,15,16). The minimum absolute atomic E-state index is 0.000274. The van der Waals surface area contributed by atoms with Gasteiger partial charge in [0.2, 0.25) is 0 Å². The summed E-state index contributed by atoms with van der Waals surface area (Å²) in [5.41, 5.74) is 1.65. The summed E-state index contributed by atoms with van der Waals surface area (Å²) in [6, 6.07) is 5.59. The van der Waals surface area contributed by atoms with Gasteiger partial charge in [-0.2, -0.15) is 0 Å². The van der Waals surface area contributed by atoms with E-state index in [4.69, 9.17) is 11.6 Å². The fourth-order valence-electron chi connectivity index (χ4n) is 1.32. The van der Waals surface area contributed by atoms with Crippen LogP contribution in [0.2, 0.25) is 0 Å². The fourth-order valence-corrected chi connectivity index (χ4v) is 1.88. The van der Waals surface area contributed by atoms with Crippen molar-refractivity contribution >= 4 is 33.4 Å². The van der Waals surface area contributed by atoms with Crippen LogP contribution in [-0.4, -0.2) is 17.8 Å². The summed E-state index contributed by atoms with van der Waals surface area (Å²) in [6.07, 6.45) is 0.848. The van der Waals surface area contributed by atoms with Gasteiger partial charge in [-0.1, -0.05) is 22.9 Å². The van der Waals surface area contributed by atoms with Crippen LogP contribution in [0.1, 0.15) is 29.3 Å². The maximum absolute atomic E-state index is 11.8. The van der Waals surface area contributed by atoms with Crippen molar-refractivity contribution in [3.63, 3.8) is 0 Å². The molecule has 0 aliphatic rings. The second kappa shape index (κ2) is 6.26. The number of carbonyl (C=O) groups is 1. The van der Waals surface area contributed by atoms with Gasteiger partial charge in [0.1, 0.15) is 0 Å². The van der Waals surface area contributed by atoms with Crippen LogP contribution in [0.3, 0.4) is 0 Å². The van der Waals surface area contributed by atoms with Crippen LogP contribution in [0.5, 0.6) is 0 Å². The van der Waals surface area contributed by atoms with E-state index in [0.29, 0.717) is 12.1 Å². The van der Waals surface area contributed by atoms with Gasteiger partial charge < -0.3 is 5.32 Å². The maximum Gasteiger partial charge on any atom is 0.251 e. The Bertz CT molecular complexity index is 381. The molecule has 1 N–H and O–H groups in total. The predicted octanol–water partition coefficient (Wildman–Crippen LogP) is 3.50. The van der Waals surface area contributed by atoms with E-state index in [2.05, 4.69) is 21.2 Å². The van der Waals surface area contributed by atoms with Crippen LogP contribution in [0, 0.1) is 6.92 Å². The number of carbonyl (C=O) groups excluding carboxylic acids is 1. The average Bonchev–Trinajstić information content (AvgIpc) is 2.25. The van der Waals surface area contributed by atoms with Crippen molar-refractivity contribution in [2.75, 3.05) is 6.54 Å². The SMILES string of the molecule is CCC(Cl)CNC(=O)c1ccc(Br)cc1C. The predicted molar refractivity (Wildman–Crippen MR) is 71.1 cm³/mol. The molecule has 0 aliphatic carbocycles. The number of alkyl halides is 1. The lowest BCUT2D eigenvalue weighted by Gasteiger charge is -2.10. The molecule has 0 radical (unpaired) electrons. The van der Waals surface area contributed by atoms with Gasteiger partial charge in [0, 0.05) is 16.6 Å². The molecule has 1 unspecified atom stereocenters. The second-order valence-electron chi connectivity index (χ2n) is 3.67. The molecule has 1 atom stereocenters. The Morgan fingerprint density at radius 3 is 2.81 bits per heavy atom. The van der Waals surface area contributed by atoms with Crippen molar-refractivity contribution in [1.82, 2.24) is 5.32 Å². The zero-order chi connectivity index (χ0) is 12.1. The molecule has 0 bridgehead atoms. The summed E-state index contributed by atoms with van der Waals surface area (Å²) in [5, 5.41) is 2.82. The molecule has 1 aromatic carbocycles. The van der Waals surface area contributed by atoms with Gasteiger partial charge in [0.25, 0.3) is 5.91 Å². The van der Waals surface area contributed by atoms with E-state index in [9.17, 15) is 4.79 Å². The van der Waals surface area contributed by atoms with Crippen molar-refractivity contribution < 1.29 is 4.79 Å². The lowest BCUT2D eigenvalue weighted by Crippen LogP contribution is -2.29. The minimum atomic E-state index is -0.0656. The molecule has 0 aromatic heterocycles. The molecule has 1 aromatic rings. The highest BCUT2D eigenvalue weighted by molar-refractivity contribution is 9.10. The molecule has 0 spiro atoms. The van der Waals surface area contributed by atoms with Crippen molar-refractivity contribution in [3.05, 3.63) is 33.8 Å². The molecule has 16 heavy (non-hydrogen) atoms. The number of halogens is 2. The monoisotopic (exact) mass is 303 g/mol. The molecule has 0 aliphatic heterocycles. The summed E-state index contributed by atoms with van der Waals surface area (Å²) >= 11 is 9.31. The van der Waals surface area contributed by atoms with E-state index in [1.165, 1.54) is 0 Å². The number of hydrogen-bond acceptors (Lipinski definition) is 1. The van der Waals surface area contributed by atoms with Gasteiger partial charge in [0.05, 0.1) is 5.38 Å². The molecule has 0 fully saturated rings. The first kappa shape index (κ1) is 13.5.